The van der Waals surface area contributed by atoms with Gasteiger partial charge in [0.15, 0.2) is 0 Å². The Labute approximate surface area is 127 Å². The Kier molecular flexibility index (Phi) is 5.22. The lowest BCUT2D eigenvalue weighted by atomic mass is 9.96. The number of hydrogen-bond donors (Lipinski definition) is 1. The molecule has 1 N–H and O–H groups in total. The predicted molar refractivity (Wildman–Crippen MR) is 81.9 cm³/mol. The first-order valence-corrected chi connectivity index (χ1v) is 7.89. The Bertz CT molecular complexity index is 401. The monoisotopic (exact) mass is 296 g/mol. The number of rotatable bonds is 4. The summed E-state index contributed by atoms with van der Waals surface area (Å²) in [7, 11) is 4.20. The highest BCUT2D eigenvalue weighted by molar-refractivity contribution is 5.95. The molecule has 2 aliphatic heterocycles. The Hall–Kier alpha value is -1.14. The maximum atomic E-state index is 12.6. The van der Waals surface area contributed by atoms with Gasteiger partial charge in [0.25, 0.3) is 0 Å². The highest BCUT2D eigenvalue weighted by Gasteiger charge is 2.37. The standard InChI is InChI=1S/C15H28N4O2/c1-5-11(2)14-15(21)19(10-13(20)16-14)9-12-8-17(3)6-7-18(12)4/h11-12,14H,5-10H2,1-4H3,(H,16,20). The van der Waals surface area contributed by atoms with E-state index >= 15 is 0 Å². The summed E-state index contributed by atoms with van der Waals surface area (Å²) in [5.41, 5.74) is 0. The number of piperazine rings is 2. The number of carbonyl (C=O) groups is 2. The van der Waals surface area contributed by atoms with Crippen LogP contribution in [0, 0.1) is 5.92 Å². The fourth-order valence-corrected chi connectivity index (χ4v) is 3.06. The quantitative estimate of drug-likeness (QED) is 0.767. The van der Waals surface area contributed by atoms with Crippen LogP contribution in [0.5, 0.6) is 0 Å². The minimum Gasteiger partial charge on any atom is -0.342 e. The number of amides is 2. The van der Waals surface area contributed by atoms with Crippen molar-refractivity contribution >= 4 is 11.8 Å². The van der Waals surface area contributed by atoms with Crippen LogP contribution >= 0.6 is 0 Å². The molecule has 0 aliphatic carbocycles. The molecule has 0 aromatic carbocycles. The van der Waals surface area contributed by atoms with Crippen molar-refractivity contribution in [3.63, 3.8) is 0 Å². The zero-order valence-corrected chi connectivity index (χ0v) is 13.6. The second-order valence-corrected chi connectivity index (χ2v) is 6.55. The molecule has 2 saturated heterocycles. The highest BCUT2D eigenvalue weighted by Crippen LogP contribution is 2.16. The predicted octanol–water partition coefficient (Wildman–Crippen LogP) is -0.395. The molecule has 6 nitrogen and oxygen atoms in total. The molecule has 3 unspecified atom stereocenters. The van der Waals surface area contributed by atoms with E-state index in [0.29, 0.717) is 12.6 Å². The van der Waals surface area contributed by atoms with Gasteiger partial charge in [0.2, 0.25) is 11.8 Å². The molecule has 6 heteroatoms. The van der Waals surface area contributed by atoms with Crippen LogP contribution < -0.4 is 5.32 Å². The number of nitrogens with zero attached hydrogens (tertiary/aromatic N) is 3. The van der Waals surface area contributed by atoms with Gasteiger partial charge < -0.3 is 15.1 Å². The Morgan fingerprint density at radius 2 is 2.00 bits per heavy atom. The van der Waals surface area contributed by atoms with E-state index in [1.807, 2.05) is 13.8 Å². The van der Waals surface area contributed by atoms with Gasteiger partial charge in [-0.2, -0.15) is 0 Å². The molecule has 0 aromatic heterocycles. The summed E-state index contributed by atoms with van der Waals surface area (Å²) in [5, 5.41) is 2.85. The van der Waals surface area contributed by atoms with E-state index in [-0.39, 0.29) is 30.3 Å². The first-order valence-electron chi connectivity index (χ1n) is 7.89. The second-order valence-electron chi connectivity index (χ2n) is 6.55. The molecule has 0 bridgehead atoms. The Morgan fingerprint density at radius 3 is 2.67 bits per heavy atom. The van der Waals surface area contributed by atoms with Gasteiger partial charge in [-0.1, -0.05) is 20.3 Å². The van der Waals surface area contributed by atoms with E-state index in [4.69, 9.17) is 0 Å². The van der Waals surface area contributed by atoms with Gasteiger partial charge in [0.1, 0.15) is 6.04 Å². The van der Waals surface area contributed by atoms with Crippen LogP contribution in [0.2, 0.25) is 0 Å². The fourth-order valence-electron chi connectivity index (χ4n) is 3.06. The van der Waals surface area contributed by atoms with Crippen LogP contribution in [0.4, 0.5) is 0 Å². The van der Waals surface area contributed by atoms with E-state index in [9.17, 15) is 9.59 Å². The number of nitrogens with one attached hydrogen (secondary N) is 1. The summed E-state index contributed by atoms with van der Waals surface area (Å²) in [6.07, 6.45) is 0.886. The minimum atomic E-state index is -0.358. The van der Waals surface area contributed by atoms with Gasteiger partial charge in [-0.15, -0.1) is 0 Å². The zero-order chi connectivity index (χ0) is 15.6. The largest absolute Gasteiger partial charge is 0.342 e. The van der Waals surface area contributed by atoms with Gasteiger partial charge in [0, 0.05) is 32.2 Å². The average molecular weight is 296 g/mol. The molecule has 120 valence electrons. The Morgan fingerprint density at radius 1 is 1.29 bits per heavy atom. The molecule has 0 saturated carbocycles. The molecule has 0 spiro atoms. The normalized spacial score (nSPS) is 30.4. The van der Waals surface area contributed by atoms with Crippen molar-refractivity contribution in [3.8, 4) is 0 Å². The first kappa shape index (κ1) is 16.2. The van der Waals surface area contributed by atoms with Gasteiger partial charge in [0.05, 0.1) is 6.54 Å². The van der Waals surface area contributed by atoms with Gasteiger partial charge in [-0.05, 0) is 20.0 Å². The van der Waals surface area contributed by atoms with E-state index in [0.717, 1.165) is 26.1 Å². The summed E-state index contributed by atoms with van der Waals surface area (Å²) >= 11 is 0. The molecule has 2 heterocycles. The molecule has 0 radical (unpaired) electrons. The zero-order valence-electron chi connectivity index (χ0n) is 13.6. The first-order chi connectivity index (χ1) is 9.92. The summed E-state index contributed by atoms with van der Waals surface area (Å²) in [6.45, 7) is 7.90. The van der Waals surface area contributed by atoms with Crippen LogP contribution in [-0.2, 0) is 9.59 Å². The van der Waals surface area contributed by atoms with Crippen LogP contribution in [0.1, 0.15) is 20.3 Å². The van der Waals surface area contributed by atoms with Crippen molar-refractivity contribution in [2.45, 2.75) is 32.4 Å². The summed E-state index contributed by atoms with van der Waals surface area (Å²) in [6, 6.07) is -0.0564. The van der Waals surface area contributed by atoms with E-state index in [1.165, 1.54) is 0 Å². The van der Waals surface area contributed by atoms with Gasteiger partial charge in [-0.25, -0.2) is 0 Å². The van der Waals surface area contributed by atoms with Crippen molar-refractivity contribution < 1.29 is 9.59 Å². The van der Waals surface area contributed by atoms with Crippen molar-refractivity contribution in [1.29, 1.82) is 0 Å². The number of carbonyl (C=O) groups excluding carboxylic acids is 2. The molecule has 21 heavy (non-hydrogen) atoms. The second kappa shape index (κ2) is 6.75. The molecule has 2 amide bonds. The van der Waals surface area contributed by atoms with Crippen molar-refractivity contribution in [2.75, 3.05) is 46.8 Å². The van der Waals surface area contributed by atoms with E-state index < -0.39 is 0 Å². The van der Waals surface area contributed by atoms with Gasteiger partial charge >= 0.3 is 0 Å². The number of hydrogen-bond acceptors (Lipinski definition) is 4. The van der Waals surface area contributed by atoms with Crippen molar-refractivity contribution in [1.82, 2.24) is 20.0 Å². The highest BCUT2D eigenvalue weighted by atomic mass is 16.2. The third kappa shape index (κ3) is 3.74. The molecular weight excluding hydrogens is 268 g/mol. The van der Waals surface area contributed by atoms with Crippen molar-refractivity contribution in [3.05, 3.63) is 0 Å². The summed E-state index contributed by atoms with van der Waals surface area (Å²) in [5.74, 6) is 0.216. The fraction of sp³-hybridized carbons (Fsp3) is 0.867. The lowest BCUT2D eigenvalue weighted by Gasteiger charge is -2.42. The van der Waals surface area contributed by atoms with Crippen molar-refractivity contribution in [2.24, 2.45) is 5.92 Å². The summed E-state index contributed by atoms with van der Waals surface area (Å²) < 4.78 is 0. The topological polar surface area (TPSA) is 55.9 Å². The third-order valence-corrected chi connectivity index (χ3v) is 4.85. The minimum absolute atomic E-state index is 0.0354. The third-order valence-electron chi connectivity index (χ3n) is 4.85. The molecular formula is C15H28N4O2. The summed E-state index contributed by atoms with van der Waals surface area (Å²) in [4.78, 5) is 30.8. The average Bonchev–Trinajstić information content (AvgIpc) is 2.45. The molecule has 2 fully saturated rings. The smallest absolute Gasteiger partial charge is 0.245 e. The van der Waals surface area contributed by atoms with Crippen LogP contribution in [0.15, 0.2) is 0 Å². The molecule has 3 atom stereocenters. The Balaban J connectivity index is 2.04. The van der Waals surface area contributed by atoms with Crippen LogP contribution in [0.3, 0.4) is 0 Å². The van der Waals surface area contributed by atoms with E-state index in [2.05, 4.69) is 29.2 Å². The maximum Gasteiger partial charge on any atom is 0.245 e. The lowest BCUT2D eigenvalue weighted by molar-refractivity contribution is -0.146. The molecule has 2 rings (SSSR count). The van der Waals surface area contributed by atoms with Crippen LogP contribution in [-0.4, -0.2) is 85.4 Å². The SMILES string of the molecule is CCC(C)C1NC(=O)CN(CC2CN(C)CCN2C)C1=O. The van der Waals surface area contributed by atoms with Gasteiger partial charge in [-0.3, -0.25) is 14.5 Å². The lowest BCUT2D eigenvalue weighted by Crippen LogP contribution is -2.63. The van der Waals surface area contributed by atoms with Crippen LogP contribution in [0.25, 0.3) is 0 Å². The molecule has 0 aromatic rings. The maximum absolute atomic E-state index is 12.6. The molecule has 2 aliphatic rings. The van der Waals surface area contributed by atoms with E-state index in [1.54, 1.807) is 4.90 Å². The number of likely N-dealkylation sites (N-methyl/N-ethyl adjacent to an activating group) is 2.